The van der Waals surface area contributed by atoms with E-state index in [-0.39, 0.29) is 11.9 Å². The van der Waals surface area contributed by atoms with Crippen molar-refractivity contribution < 1.29 is 9.53 Å². The third-order valence-electron chi connectivity index (χ3n) is 5.21. The van der Waals surface area contributed by atoms with Gasteiger partial charge in [-0.15, -0.1) is 5.10 Å². The van der Waals surface area contributed by atoms with E-state index in [1.165, 1.54) is 31.3 Å². The summed E-state index contributed by atoms with van der Waals surface area (Å²) in [6.07, 6.45) is 9.12. The van der Waals surface area contributed by atoms with E-state index in [1.807, 2.05) is 13.0 Å². The van der Waals surface area contributed by atoms with Crippen molar-refractivity contribution in [2.75, 3.05) is 20.2 Å². The van der Waals surface area contributed by atoms with E-state index >= 15 is 0 Å². The number of ether oxygens (including phenoxy) is 1. The minimum Gasteiger partial charge on any atom is -0.480 e. The largest absolute Gasteiger partial charge is 0.480 e. The first-order chi connectivity index (χ1) is 12.2. The molecule has 25 heavy (non-hydrogen) atoms. The van der Waals surface area contributed by atoms with Crippen molar-refractivity contribution in [3.05, 3.63) is 29.0 Å². The predicted octanol–water partition coefficient (Wildman–Crippen LogP) is 2.24. The van der Waals surface area contributed by atoms with Crippen LogP contribution in [0, 0.1) is 0 Å². The van der Waals surface area contributed by atoms with Gasteiger partial charge in [-0.3, -0.25) is 9.69 Å². The normalized spacial score (nSPS) is 18.9. The second-order valence-corrected chi connectivity index (χ2v) is 6.90. The van der Waals surface area contributed by atoms with Crippen molar-refractivity contribution in [2.24, 2.45) is 0 Å². The minimum absolute atomic E-state index is 0.105. The van der Waals surface area contributed by atoms with Crippen molar-refractivity contribution in [2.45, 2.75) is 58.0 Å². The number of carbonyl (C=O) groups excluding carboxylic acids is 1. The van der Waals surface area contributed by atoms with Gasteiger partial charge in [0.15, 0.2) is 0 Å². The van der Waals surface area contributed by atoms with E-state index in [9.17, 15) is 4.79 Å². The standard InChI is InChI=1S/C19H28N4O2/c1-14(19(24)20-10-8-15-6-4-3-5-7-15)23-11-9-17-16(13-23)12-18(25-2)22-21-17/h6,12,14H,3-5,7-11,13H2,1-2H3,(H,20,24)/t14-/m0/s1. The molecule has 0 radical (unpaired) electrons. The van der Waals surface area contributed by atoms with Gasteiger partial charge in [-0.1, -0.05) is 11.6 Å². The molecule has 1 aliphatic heterocycles. The number of amides is 1. The average Bonchev–Trinajstić information content (AvgIpc) is 2.67. The van der Waals surface area contributed by atoms with Crippen LogP contribution in [0.4, 0.5) is 0 Å². The molecule has 0 spiro atoms. The number of aromatic nitrogens is 2. The van der Waals surface area contributed by atoms with Gasteiger partial charge in [-0.05, 0) is 44.6 Å². The number of nitrogens with one attached hydrogen (secondary N) is 1. The second kappa shape index (κ2) is 8.43. The molecule has 6 nitrogen and oxygen atoms in total. The molecule has 0 bridgehead atoms. The van der Waals surface area contributed by atoms with E-state index < -0.39 is 0 Å². The Hall–Kier alpha value is -1.95. The van der Waals surface area contributed by atoms with Crippen LogP contribution in [-0.2, 0) is 17.8 Å². The Morgan fingerprint density at radius 3 is 3.00 bits per heavy atom. The predicted molar refractivity (Wildman–Crippen MR) is 96.3 cm³/mol. The summed E-state index contributed by atoms with van der Waals surface area (Å²) in [5, 5.41) is 11.3. The zero-order valence-electron chi connectivity index (χ0n) is 15.3. The number of nitrogens with zero attached hydrogens (tertiary/aromatic N) is 3. The molecule has 3 rings (SSSR count). The molecule has 0 aromatic carbocycles. The number of hydrogen-bond donors (Lipinski definition) is 1. The Bertz CT molecular complexity index is 644. The molecule has 2 heterocycles. The SMILES string of the molecule is COc1cc2c(nn1)CCN([C@@H](C)C(=O)NCCC1=CCCCC1)C2. The lowest BCUT2D eigenvalue weighted by Gasteiger charge is -2.32. The van der Waals surface area contributed by atoms with Crippen LogP contribution < -0.4 is 10.1 Å². The molecule has 1 aromatic rings. The van der Waals surface area contributed by atoms with Gasteiger partial charge in [0, 0.05) is 32.1 Å². The number of carbonyl (C=O) groups is 1. The van der Waals surface area contributed by atoms with Crippen LogP contribution in [0.15, 0.2) is 17.7 Å². The van der Waals surface area contributed by atoms with E-state index in [0.29, 0.717) is 12.4 Å². The van der Waals surface area contributed by atoms with Gasteiger partial charge >= 0.3 is 0 Å². The highest BCUT2D eigenvalue weighted by atomic mass is 16.5. The highest BCUT2D eigenvalue weighted by Gasteiger charge is 2.26. The molecule has 0 fully saturated rings. The first-order valence-electron chi connectivity index (χ1n) is 9.26. The van der Waals surface area contributed by atoms with Crippen LogP contribution >= 0.6 is 0 Å². The lowest BCUT2D eigenvalue weighted by atomic mass is 9.97. The Kier molecular flexibility index (Phi) is 6.02. The maximum Gasteiger partial charge on any atom is 0.237 e. The molecule has 0 unspecified atom stereocenters. The van der Waals surface area contributed by atoms with Gasteiger partial charge in [0.1, 0.15) is 0 Å². The van der Waals surface area contributed by atoms with Crippen molar-refractivity contribution in [1.82, 2.24) is 20.4 Å². The highest BCUT2D eigenvalue weighted by Crippen LogP contribution is 2.22. The van der Waals surface area contributed by atoms with Crippen molar-refractivity contribution in [1.29, 1.82) is 0 Å². The Balaban J connectivity index is 1.51. The quantitative estimate of drug-likeness (QED) is 0.802. The smallest absolute Gasteiger partial charge is 0.237 e. The highest BCUT2D eigenvalue weighted by molar-refractivity contribution is 5.81. The zero-order valence-corrected chi connectivity index (χ0v) is 15.3. The fraction of sp³-hybridized carbons (Fsp3) is 0.632. The van der Waals surface area contributed by atoms with Crippen LogP contribution in [0.2, 0.25) is 0 Å². The summed E-state index contributed by atoms with van der Waals surface area (Å²) in [7, 11) is 1.59. The molecule has 1 amide bonds. The van der Waals surface area contributed by atoms with Crippen molar-refractivity contribution in [3.63, 3.8) is 0 Å². The van der Waals surface area contributed by atoms with Gasteiger partial charge in [-0.2, -0.15) is 5.10 Å². The number of methoxy groups -OCH3 is 1. The molecule has 2 aliphatic rings. The molecule has 1 aliphatic carbocycles. The summed E-state index contributed by atoms with van der Waals surface area (Å²) >= 11 is 0. The number of fused-ring (bicyclic) bond motifs is 1. The van der Waals surface area contributed by atoms with E-state index in [4.69, 9.17) is 4.74 Å². The molecule has 0 saturated heterocycles. The summed E-state index contributed by atoms with van der Waals surface area (Å²) < 4.78 is 5.16. The molecular formula is C19H28N4O2. The third-order valence-corrected chi connectivity index (χ3v) is 5.21. The number of hydrogen-bond acceptors (Lipinski definition) is 5. The lowest BCUT2D eigenvalue weighted by molar-refractivity contribution is -0.126. The fourth-order valence-corrected chi connectivity index (χ4v) is 3.55. The van der Waals surface area contributed by atoms with Crippen LogP contribution in [0.1, 0.15) is 50.3 Å². The Morgan fingerprint density at radius 1 is 1.36 bits per heavy atom. The number of allylic oxidation sites excluding steroid dienone is 1. The third kappa shape index (κ3) is 4.57. The molecule has 136 valence electrons. The maximum absolute atomic E-state index is 12.5. The first kappa shape index (κ1) is 17.9. The summed E-state index contributed by atoms with van der Waals surface area (Å²) in [5.74, 6) is 0.632. The fourth-order valence-electron chi connectivity index (χ4n) is 3.55. The van der Waals surface area contributed by atoms with Gasteiger partial charge < -0.3 is 10.1 Å². The van der Waals surface area contributed by atoms with Crippen LogP contribution in [0.3, 0.4) is 0 Å². The van der Waals surface area contributed by atoms with Crippen LogP contribution in [0.5, 0.6) is 5.88 Å². The monoisotopic (exact) mass is 344 g/mol. The van der Waals surface area contributed by atoms with Gasteiger partial charge in [-0.25, -0.2) is 0 Å². The van der Waals surface area contributed by atoms with Crippen molar-refractivity contribution >= 4 is 5.91 Å². The first-order valence-corrected chi connectivity index (χ1v) is 9.26. The van der Waals surface area contributed by atoms with Crippen LogP contribution in [0.25, 0.3) is 0 Å². The summed E-state index contributed by atoms with van der Waals surface area (Å²) in [5.41, 5.74) is 3.61. The lowest BCUT2D eigenvalue weighted by Crippen LogP contribution is -2.47. The van der Waals surface area contributed by atoms with E-state index in [1.54, 1.807) is 7.11 Å². The zero-order chi connectivity index (χ0) is 17.6. The molecule has 1 atom stereocenters. The van der Waals surface area contributed by atoms with Gasteiger partial charge in [0.25, 0.3) is 0 Å². The minimum atomic E-state index is -0.146. The van der Waals surface area contributed by atoms with E-state index in [2.05, 4.69) is 26.5 Å². The molecule has 1 N–H and O–H groups in total. The summed E-state index contributed by atoms with van der Waals surface area (Å²) in [6.45, 7) is 4.25. The molecule has 0 saturated carbocycles. The average molecular weight is 344 g/mol. The molecule has 6 heteroatoms. The van der Waals surface area contributed by atoms with Gasteiger partial charge in [0.2, 0.25) is 11.8 Å². The summed E-state index contributed by atoms with van der Waals surface area (Å²) in [4.78, 5) is 14.7. The van der Waals surface area contributed by atoms with E-state index in [0.717, 1.165) is 37.2 Å². The van der Waals surface area contributed by atoms with Crippen LogP contribution in [-0.4, -0.2) is 47.2 Å². The molecular weight excluding hydrogens is 316 g/mol. The Morgan fingerprint density at radius 2 is 2.24 bits per heavy atom. The Labute approximate surface area is 149 Å². The van der Waals surface area contributed by atoms with Crippen molar-refractivity contribution in [3.8, 4) is 5.88 Å². The number of rotatable bonds is 6. The van der Waals surface area contributed by atoms with Gasteiger partial charge in [0.05, 0.1) is 18.8 Å². The maximum atomic E-state index is 12.5. The summed E-state index contributed by atoms with van der Waals surface area (Å²) in [6, 6.07) is 1.78. The topological polar surface area (TPSA) is 67.4 Å². The molecule has 1 aromatic heterocycles. The second-order valence-electron chi connectivity index (χ2n) is 6.90.